The van der Waals surface area contributed by atoms with Crippen LogP contribution in [0, 0.1) is 0 Å². The summed E-state index contributed by atoms with van der Waals surface area (Å²) in [6, 6.07) is 9.26. The third-order valence-corrected chi connectivity index (χ3v) is 5.37. The fraction of sp³-hybridized carbons (Fsp3) is 0.520. The highest BCUT2D eigenvalue weighted by Gasteiger charge is 2.18. The first-order chi connectivity index (χ1) is 13.2. The number of aryl methyl sites for hydroxylation is 1. The topological polar surface area (TPSA) is 18.5 Å². The predicted octanol–water partition coefficient (Wildman–Crippen LogP) is 5.71. The van der Waals surface area contributed by atoms with Crippen molar-refractivity contribution in [1.82, 2.24) is 15.1 Å². The van der Waals surface area contributed by atoms with Crippen LogP contribution in [0.1, 0.15) is 58.6 Å². The Hall–Kier alpha value is -2.16. The van der Waals surface area contributed by atoms with Crippen LogP contribution in [0.25, 0.3) is 0 Å². The summed E-state index contributed by atoms with van der Waals surface area (Å²) in [4.78, 5) is 4.57. The van der Waals surface area contributed by atoms with E-state index in [1.165, 1.54) is 29.5 Å². The van der Waals surface area contributed by atoms with Gasteiger partial charge in [-0.05, 0) is 51.2 Å². The van der Waals surface area contributed by atoms with Crippen LogP contribution < -0.4 is 5.32 Å². The molecule has 0 amide bonds. The van der Waals surface area contributed by atoms with Crippen LogP contribution in [-0.4, -0.2) is 36.5 Å². The van der Waals surface area contributed by atoms with Crippen molar-refractivity contribution in [3.05, 3.63) is 71.3 Å². The lowest BCUT2D eigenvalue weighted by molar-refractivity contribution is 0.299. The molecule has 0 fully saturated rings. The molecular formula is C25H41N3. The fourth-order valence-electron chi connectivity index (χ4n) is 3.28. The van der Waals surface area contributed by atoms with Crippen molar-refractivity contribution in [2.45, 2.75) is 66.3 Å². The van der Waals surface area contributed by atoms with Crippen LogP contribution in [0.3, 0.4) is 0 Å². The molecule has 1 rings (SSSR count). The van der Waals surface area contributed by atoms with Gasteiger partial charge in [-0.2, -0.15) is 0 Å². The number of hydrogen-bond acceptors (Lipinski definition) is 3. The van der Waals surface area contributed by atoms with Crippen LogP contribution in [0.5, 0.6) is 0 Å². The lowest BCUT2D eigenvalue weighted by Crippen LogP contribution is -2.37. The predicted molar refractivity (Wildman–Crippen MR) is 124 cm³/mol. The summed E-state index contributed by atoms with van der Waals surface area (Å²) in [5.74, 6) is 1.08. The molecule has 0 aliphatic heterocycles. The van der Waals surface area contributed by atoms with Crippen LogP contribution in [0.2, 0.25) is 0 Å². The number of nitrogens with one attached hydrogen (secondary N) is 1. The monoisotopic (exact) mass is 383 g/mol. The maximum absolute atomic E-state index is 4.36. The molecule has 3 heteroatoms. The quantitative estimate of drug-likeness (QED) is 0.466. The van der Waals surface area contributed by atoms with Crippen LogP contribution in [0.15, 0.2) is 60.2 Å². The van der Waals surface area contributed by atoms with Crippen molar-refractivity contribution in [1.29, 1.82) is 0 Å². The van der Waals surface area contributed by atoms with Gasteiger partial charge in [0, 0.05) is 43.6 Å². The minimum atomic E-state index is 0.345. The summed E-state index contributed by atoms with van der Waals surface area (Å²) in [6.45, 7) is 20.3. The van der Waals surface area contributed by atoms with Crippen LogP contribution >= 0.6 is 0 Å². The van der Waals surface area contributed by atoms with Crippen molar-refractivity contribution < 1.29 is 0 Å². The summed E-state index contributed by atoms with van der Waals surface area (Å²) in [6.07, 6.45) is 4.43. The molecule has 0 saturated carbocycles. The molecule has 0 heterocycles. The Morgan fingerprint density at radius 1 is 1.11 bits per heavy atom. The average molecular weight is 384 g/mol. The lowest BCUT2D eigenvalue weighted by atomic mass is 10.0. The maximum atomic E-state index is 4.36. The van der Waals surface area contributed by atoms with E-state index in [0.29, 0.717) is 6.04 Å². The highest BCUT2D eigenvalue weighted by molar-refractivity contribution is 5.31. The molecule has 0 spiro atoms. The molecule has 28 heavy (non-hydrogen) atoms. The molecule has 156 valence electrons. The number of nitrogens with zero attached hydrogens (tertiary/aromatic N) is 2. The maximum Gasteiger partial charge on any atom is 0.111 e. The zero-order valence-electron chi connectivity index (χ0n) is 19.2. The molecule has 0 aromatic heterocycles. The molecule has 0 aliphatic rings. The minimum Gasteiger partial charge on any atom is -0.375 e. The van der Waals surface area contributed by atoms with Crippen molar-refractivity contribution in [2.75, 3.05) is 20.6 Å². The largest absolute Gasteiger partial charge is 0.375 e. The number of hydrogen-bond donors (Lipinski definition) is 1. The number of benzene rings is 1. The van der Waals surface area contributed by atoms with Gasteiger partial charge in [0.05, 0.1) is 0 Å². The Balaban J connectivity index is 3.05. The molecule has 1 N–H and O–H groups in total. The molecule has 1 aromatic carbocycles. The Kier molecular flexibility index (Phi) is 9.92. The molecule has 3 nitrogen and oxygen atoms in total. The van der Waals surface area contributed by atoms with Gasteiger partial charge >= 0.3 is 0 Å². The van der Waals surface area contributed by atoms with E-state index in [4.69, 9.17) is 0 Å². The summed E-state index contributed by atoms with van der Waals surface area (Å²) in [5.41, 5.74) is 5.93. The highest BCUT2D eigenvalue weighted by Crippen LogP contribution is 2.21. The number of allylic oxidation sites excluding steroid dienone is 2. The third-order valence-electron chi connectivity index (χ3n) is 5.37. The average Bonchev–Trinajstić information content (AvgIpc) is 2.68. The summed E-state index contributed by atoms with van der Waals surface area (Å²) < 4.78 is 0. The Labute approximate surface area is 173 Å². The lowest BCUT2D eigenvalue weighted by Gasteiger charge is -2.34. The molecule has 0 bridgehead atoms. The van der Waals surface area contributed by atoms with Gasteiger partial charge in [0.25, 0.3) is 0 Å². The third kappa shape index (κ3) is 7.10. The van der Waals surface area contributed by atoms with Crippen LogP contribution in [-0.2, 0) is 12.8 Å². The van der Waals surface area contributed by atoms with E-state index in [2.05, 4.69) is 94.3 Å². The van der Waals surface area contributed by atoms with E-state index in [1.807, 2.05) is 6.92 Å². The van der Waals surface area contributed by atoms with Crippen LogP contribution in [0.4, 0.5) is 0 Å². The summed E-state index contributed by atoms with van der Waals surface area (Å²) >= 11 is 0. The summed E-state index contributed by atoms with van der Waals surface area (Å²) in [5, 5.41) is 3.48. The van der Waals surface area contributed by atoms with Crippen molar-refractivity contribution >= 4 is 0 Å². The smallest absolute Gasteiger partial charge is 0.111 e. The first kappa shape index (κ1) is 23.9. The molecular weight excluding hydrogens is 342 g/mol. The van der Waals surface area contributed by atoms with E-state index < -0.39 is 0 Å². The van der Waals surface area contributed by atoms with Gasteiger partial charge in [-0.3, -0.25) is 0 Å². The number of rotatable bonds is 12. The van der Waals surface area contributed by atoms with Gasteiger partial charge in [0.2, 0.25) is 0 Å². The van der Waals surface area contributed by atoms with Crippen molar-refractivity contribution in [2.24, 2.45) is 0 Å². The standard InChI is InChI=1S/C25H41N3/c1-10-12-16-27(8)22(7)21(6)25(26-19(3)4)28(9)20(5)17-24-15-13-14-23(11-2)18-24/h13-15,18,20,26H,3,7,10-12,16-17H2,1-2,4-6,8-9H3/b25-21+. The zero-order chi connectivity index (χ0) is 21.3. The van der Waals surface area contributed by atoms with Crippen molar-refractivity contribution in [3.63, 3.8) is 0 Å². The van der Waals surface area contributed by atoms with E-state index in [-0.39, 0.29) is 0 Å². The molecule has 0 saturated heterocycles. The molecule has 1 aromatic rings. The van der Waals surface area contributed by atoms with E-state index in [9.17, 15) is 0 Å². The minimum absolute atomic E-state index is 0.345. The van der Waals surface area contributed by atoms with Gasteiger partial charge < -0.3 is 15.1 Å². The van der Waals surface area contributed by atoms with E-state index in [0.717, 1.165) is 36.6 Å². The molecule has 1 atom stereocenters. The zero-order valence-corrected chi connectivity index (χ0v) is 19.2. The molecule has 0 radical (unpaired) electrons. The van der Waals surface area contributed by atoms with Gasteiger partial charge in [-0.15, -0.1) is 0 Å². The van der Waals surface area contributed by atoms with Crippen molar-refractivity contribution in [3.8, 4) is 0 Å². The Bertz CT molecular complexity index is 687. The highest BCUT2D eigenvalue weighted by atomic mass is 15.2. The second kappa shape index (κ2) is 11.6. The number of unbranched alkanes of at least 4 members (excludes halogenated alkanes) is 1. The first-order valence-corrected chi connectivity index (χ1v) is 10.6. The SMILES string of the molecule is C=C(C)N/C(=C(/C)C(=C)N(C)CCCC)N(C)C(C)Cc1cccc(CC)c1. The second-order valence-corrected chi connectivity index (χ2v) is 7.94. The first-order valence-electron chi connectivity index (χ1n) is 10.6. The summed E-state index contributed by atoms with van der Waals surface area (Å²) in [7, 11) is 4.28. The van der Waals surface area contributed by atoms with Gasteiger partial charge in [-0.1, -0.05) is 57.7 Å². The second-order valence-electron chi connectivity index (χ2n) is 7.94. The normalized spacial score (nSPS) is 12.8. The van der Waals surface area contributed by atoms with Gasteiger partial charge in [-0.25, -0.2) is 0 Å². The van der Waals surface area contributed by atoms with E-state index >= 15 is 0 Å². The van der Waals surface area contributed by atoms with Gasteiger partial charge in [0.1, 0.15) is 5.82 Å². The molecule has 1 unspecified atom stereocenters. The fourth-order valence-corrected chi connectivity index (χ4v) is 3.28. The van der Waals surface area contributed by atoms with Gasteiger partial charge in [0.15, 0.2) is 0 Å². The Morgan fingerprint density at radius 2 is 1.75 bits per heavy atom. The Morgan fingerprint density at radius 3 is 2.32 bits per heavy atom. The van der Waals surface area contributed by atoms with E-state index in [1.54, 1.807) is 0 Å². The molecule has 0 aliphatic carbocycles. The number of likely N-dealkylation sites (N-methyl/N-ethyl adjacent to an activating group) is 2.